The highest BCUT2D eigenvalue weighted by atomic mass is 127. The molecule has 1 amide bonds. The first kappa shape index (κ1) is 14.4. The summed E-state index contributed by atoms with van der Waals surface area (Å²) in [5, 5.41) is 6.09. The molecule has 0 bridgehead atoms. The van der Waals surface area contributed by atoms with Crippen LogP contribution in [0.25, 0.3) is 0 Å². The Morgan fingerprint density at radius 3 is 2.41 bits per heavy atom. The number of carbonyl (C=O) groups is 1. The van der Waals surface area contributed by atoms with Gasteiger partial charge in [-0.2, -0.15) is 0 Å². The fourth-order valence-corrected chi connectivity index (χ4v) is 1.99. The largest absolute Gasteiger partial charge is 0.355 e. The van der Waals surface area contributed by atoms with E-state index in [0.29, 0.717) is 6.54 Å². The second kappa shape index (κ2) is 6.96. The number of hydrogen-bond acceptors (Lipinski definition) is 2. The molecule has 2 unspecified atom stereocenters. The van der Waals surface area contributed by atoms with Gasteiger partial charge in [-0.25, -0.2) is 0 Å². The van der Waals surface area contributed by atoms with Crippen LogP contribution in [-0.4, -0.2) is 18.5 Å². The van der Waals surface area contributed by atoms with Crippen LogP contribution in [0.5, 0.6) is 0 Å². The summed E-state index contributed by atoms with van der Waals surface area (Å²) in [5.74, 6) is 0.0462. The van der Waals surface area contributed by atoms with E-state index in [0.717, 1.165) is 0 Å². The third-order valence-corrected chi connectivity index (χ3v) is 3.33. The highest BCUT2D eigenvalue weighted by Gasteiger charge is 2.15. The van der Waals surface area contributed by atoms with Crippen molar-refractivity contribution in [2.75, 3.05) is 6.54 Å². The van der Waals surface area contributed by atoms with E-state index in [-0.39, 0.29) is 18.0 Å². The van der Waals surface area contributed by atoms with Gasteiger partial charge in [0.25, 0.3) is 0 Å². The van der Waals surface area contributed by atoms with Gasteiger partial charge in [-0.1, -0.05) is 12.1 Å². The van der Waals surface area contributed by atoms with Gasteiger partial charge in [0.1, 0.15) is 0 Å². The monoisotopic (exact) mass is 346 g/mol. The standard InChI is InChI=1S/C13H19IN2O/c1-4-15-13(17)10(3)16-9(2)11-5-7-12(14)8-6-11/h5-10,16H,4H2,1-3H3,(H,15,17). The molecule has 0 aliphatic rings. The lowest BCUT2D eigenvalue weighted by atomic mass is 10.1. The quantitative estimate of drug-likeness (QED) is 0.805. The highest BCUT2D eigenvalue weighted by molar-refractivity contribution is 14.1. The summed E-state index contributed by atoms with van der Waals surface area (Å²) >= 11 is 2.28. The van der Waals surface area contributed by atoms with Crippen molar-refractivity contribution >= 4 is 28.5 Å². The van der Waals surface area contributed by atoms with Gasteiger partial charge < -0.3 is 5.32 Å². The van der Waals surface area contributed by atoms with Gasteiger partial charge in [0.05, 0.1) is 6.04 Å². The van der Waals surface area contributed by atoms with Crippen LogP contribution in [0.15, 0.2) is 24.3 Å². The molecule has 4 heteroatoms. The molecule has 0 saturated carbocycles. The van der Waals surface area contributed by atoms with Crippen LogP contribution in [-0.2, 0) is 4.79 Å². The van der Waals surface area contributed by atoms with Crippen molar-refractivity contribution in [1.29, 1.82) is 0 Å². The molecule has 17 heavy (non-hydrogen) atoms. The van der Waals surface area contributed by atoms with Crippen LogP contribution in [0.1, 0.15) is 32.4 Å². The van der Waals surface area contributed by atoms with Crippen LogP contribution < -0.4 is 10.6 Å². The molecule has 0 aliphatic heterocycles. The molecule has 2 atom stereocenters. The Labute approximate surface area is 117 Å². The van der Waals surface area contributed by atoms with Crippen LogP contribution in [0, 0.1) is 3.57 Å². The molecule has 94 valence electrons. The minimum Gasteiger partial charge on any atom is -0.355 e. The first-order valence-corrected chi connectivity index (χ1v) is 6.91. The third-order valence-electron chi connectivity index (χ3n) is 2.61. The minimum atomic E-state index is -0.177. The van der Waals surface area contributed by atoms with E-state index < -0.39 is 0 Å². The van der Waals surface area contributed by atoms with Crippen molar-refractivity contribution in [1.82, 2.24) is 10.6 Å². The lowest BCUT2D eigenvalue weighted by Crippen LogP contribution is -2.43. The van der Waals surface area contributed by atoms with Crippen molar-refractivity contribution in [2.45, 2.75) is 32.9 Å². The van der Waals surface area contributed by atoms with E-state index >= 15 is 0 Å². The maximum absolute atomic E-state index is 11.6. The molecule has 1 aromatic rings. The fraction of sp³-hybridized carbons (Fsp3) is 0.462. The zero-order valence-electron chi connectivity index (χ0n) is 10.5. The van der Waals surface area contributed by atoms with Gasteiger partial charge in [-0.3, -0.25) is 10.1 Å². The second-order valence-corrected chi connectivity index (χ2v) is 5.30. The van der Waals surface area contributed by atoms with E-state index in [1.165, 1.54) is 9.13 Å². The average molecular weight is 346 g/mol. The van der Waals surface area contributed by atoms with Gasteiger partial charge in [-0.05, 0) is 61.1 Å². The number of carbonyl (C=O) groups excluding carboxylic acids is 1. The molecule has 1 rings (SSSR count). The Bertz CT molecular complexity index is 364. The number of amides is 1. The maximum Gasteiger partial charge on any atom is 0.236 e. The SMILES string of the molecule is CCNC(=O)C(C)NC(C)c1ccc(I)cc1. The lowest BCUT2D eigenvalue weighted by Gasteiger charge is -2.19. The predicted octanol–water partition coefficient (Wildman–Crippen LogP) is 2.47. The number of halogens is 1. The topological polar surface area (TPSA) is 41.1 Å². The molecule has 0 fully saturated rings. The Morgan fingerprint density at radius 1 is 1.29 bits per heavy atom. The second-order valence-electron chi connectivity index (χ2n) is 4.06. The van der Waals surface area contributed by atoms with E-state index in [1.54, 1.807) is 0 Å². The summed E-state index contributed by atoms with van der Waals surface area (Å²) in [6.07, 6.45) is 0. The molecular weight excluding hydrogens is 327 g/mol. The Balaban J connectivity index is 2.56. The zero-order chi connectivity index (χ0) is 12.8. The van der Waals surface area contributed by atoms with E-state index in [9.17, 15) is 4.79 Å². The first-order chi connectivity index (χ1) is 8.04. The van der Waals surface area contributed by atoms with Crippen molar-refractivity contribution in [3.8, 4) is 0 Å². The van der Waals surface area contributed by atoms with Gasteiger partial charge in [0, 0.05) is 16.2 Å². The lowest BCUT2D eigenvalue weighted by molar-refractivity contribution is -0.122. The summed E-state index contributed by atoms with van der Waals surface area (Å²) in [4.78, 5) is 11.6. The zero-order valence-corrected chi connectivity index (χ0v) is 12.6. The van der Waals surface area contributed by atoms with E-state index in [1.807, 2.05) is 13.8 Å². The molecule has 1 aromatic carbocycles. The number of rotatable bonds is 5. The summed E-state index contributed by atoms with van der Waals surface area (Å²) in [6, 6.07) is 8.32. The van der Waals surface area contributed by atoms with Crippen LogP contribution >= 0.6 is 22.6 Å². The molecule has 2 N–H and O–H groups in total. The minimum absolute atomic E-state index is 0.0462. The van der Waals surface area contributed by atoms with Gasteiger partial charge >= 0.3 is 0 Å². The summed E-state index contributed by atoms with van der Waals surface area (Å²) in [6.45, 7) is 6.54. The van der Waals surface area contributed by atoms with Crippen LogP contribution in [0.4, 0.5) is 0 Å². The van der Waals surface area contributed by atoms with Crippen molar-refractivity contribution in [3.63, 3.8) is 0 Å². The molecule has 3 nitrogen and oxygen atoms in total. The number of nitrogens with one attached hydrogen (secondary N) is 2. The molecule has 0 aliphatic carbocycles. The Kier molecular flexibility index (Phi) is 5.91. The highest BCUT2D eigenvalue weighted by Crippen LogP contribution is 2.14. The summed E-state index contributed by atoms with van der Waals surface area (Å²) in [7, 11) is 0. The average Bonchev–Trinajstić information content (AvgIpc) is 2.30. The van der Waals surface area contributed by atoms with Crippen molar-refractivity contribution in [2.24, 2.45) is 0 Å². The Hall–Kier alpha value is -0.620. The number of benzene rings is 1. The summed E-state index contributed by atoms with van der Waals surface area (Å²) < 4.78 is 1.22. The number of hydrogen-bond donors (Lipinski definition) is 2. The first-order valence-electron chi connectivity index (χ1n) is 5.83. The Morgan fingerprint density at radius 2 is 1.88 bits per heavy atom. The van der Waals surface area contributed by atoms with Crippen LogP contribution in [0.3, 0.4) is 0 Å². The van der Waals surface area contributed by atoms with Gasteiger partial charge in [0.15, 0.2) is 0 Å². The van der Waals surface area contributed by atoms with Crippen LogP contribution in [0.2, 0.25) is 0 Å². The number of likely N-dealkylation sites (N-methyl/N-ethyl adjacent to an activating group) is 1. The van der Waals surface area contributed by atoms with E-state index in [4.69, 9.17) is 0 Å². The molecule has 0 heterocycles. The third kappa shape index (κ3) is 4.63. The normalized spacial score (nSPS) is 14.1. The summed E-state index contributed by atoms with van der Waals surface area (Å²) in [5.41, 5.74) is 1.20. The van der Waals surface area contributed by atoms with Gasteiger partial charge in [-0.15, -0.1) is 0 Å². The molecule has 0 spiro atoms. The van der Waals surface area contributed by atoms with Crippen molar-refractivity contribution in [3.05, 3.63) is 33.4 Å². The molecule has 0 radical (unpaired) electrons. The molecule has 0 saturated heterocycles. The molecule has 0 aromatic heterocycles. The molecular formula is C13H19IN2O. The van der Waals surface area contributed by atoms with Crippen molar-refractivity contribution < 1.29 is 4.79 Å². The van der Waals surface area contributed by atoms with Gasteiger partial charge in [0.2, 0.25) is 5.91 Å². The smallest absolute Gasteiger partial charge is 0.236 e. The maximum atomic E-state index is 11.6. The van der Waals surface area contributed by atoms with E-state index in [2.05, 4.69) is 64.4 Å². The predicted molar refractivity (Wildman–Crippen MR) is 78.9 cm³/mol. The fourth-order valence-electron chi connectivity index (χ4n) is 1.63.